The molecule has 1 aromatic rings. The number of aryl methyl sites for hydroxylation is 2. The van der Waals surface area contributed by atoms with Gasteiger partial charge in [0, 0.05) is 18.8 Å². The van der Waals surface area contributed by atoms with Crippen molar-refractivity contribution in [2.24, 2.45) is 0 Å². The summed E-state index contributed by atoms with van der Waals surface area (Å²) in [6, 6.07) is 6.35. The van der Waals surface area contributed by atoms with E-state index in [1.807, 2.05) is 4.90 Å². The minimum atomic E-state index is 0.0551. The Bertz CT molecular complexity index is 509. The second kappa shape index (κ2) is 6.58. The van der Waals surface area contributed by atoms with E-state index in [-0.39, 0.29) is 18.6 Å². The molecule has 3 rings (SSSR count). The van der Waals surface area contributed by atoms with Crippen molar-refractivity contribution in [1.82, 2.24) is 0 Å². The first-order valence-electron chi connectivity index (χ1n) is 7.83. The summed E-state index contributed by atoms with van der Waals surface area (Å²) in [5.74, 6) is 0.0551. The van der Waals surface area contributed by atoms with Gasteiger partial charge in [-0.05, 0) is 49.8 Å². The van der Waals surface area contributed by atoms with Crippen LogP contribution in [0.3, 0.4) is 0 Å². The van der Waals surface area contributed by atoms with Crippen LogP contribution in [0, 0.1) is 6.92 Å². The standard InChI is InChI=1S/C17H23NO3/c1-13-6-7-14-4-2-8-18(16(14)10-13)17(19)12-20-11-15-5-3-9-21-15/h6-7,10,15H,2-5,8-9,11-12H2,1H3/t15-/m0/s1. The molecule has 0 spiro atoms. The first-order valence-corrected chi connectivity index (χ1v) is 7.83. The molecule has 114 valence electrons. The predicted molar refractivity (Wildman–Crippen MR) is 81.6 cm³/mol. The van der Waals surface area contributed by atoms with Crippen molar-refractivity contribution < 1.29 is 14.3 Å². The van der Waals surface area contributed by atoms with Gasteiger partial charge in [0.05, 0.1) is 12.7 Å². The van der Waals surface area contributed by atoms with Crippen LogP contribution in [0.25, 0.3) is 0 Å². The van der Waals surface area contributed by atoms with Crippen LogP contribution in [-0.2, 0) is 20.7 Å². The average molecular weight is 289 g/mol. The summed E-state index contributed by atoms with van der Waals surface area (Å²) in [6.45, 7) is 4.35. The van der Waals surface area contributed by atoms with Gasteiger partial charge in [-0.15, -0.1) is 0 Å². The van der Waals surface area contributed by atoms with Crippen LogP contribution in [0.5, 0.6) is 0 Å². The molecule has 4 nitrogen and oxygen atoms in total. The Morgan fingerprint density at radius 3 is 3.14 bits per heavy atom. The van der Waals surface area contributed by atoms with Crippen molar-refractivity contribution in [2.75, 3.05) is 31.3 Å². The molecular weight excluding hydrogens is 266 g/mol. The van der Waals surface area contributed by atoms with Crippen molar-refractivity contribution >= 4 is 11.6 Å². The van der Waals surface area contributed by atoms with Crippen molar-refractivity contribution in [3.05, 3.63) is 29.3 Å². The number of carbonyl (C=O) groups is 1. The van der Waals surface area contributed by atoms with Crippen LogP contribution in [0.2, 0.25) is 0 Å². The number of amides is 1. The van der Waals surface area contributed by atoms with Gasteiger partial charge in [-0.3, -0.25) is 4.79 Å². The summed E-state index contributed by atoms with van der Waals surface area (Å²) in [6.07, 6.45) is 4.39. The Hall–Kier alpha value is -1.39. The van der Waals surface area contributed by atoms with E-state index < -0.39 is 0 Å². The van der Waals surface area contributed by atoms with Gasteiger partial charge in [-0.2, -0.15) is 0 Å². The zero-order valence-electron chi connectivity index (χ0n) is 12.6. The van der Waals surface area contributed by atoms with Crippen LogP contribution in [0.15, 0.2) is 18.2 Å². The molecule has 1 atom stereocenters. The Kier molecular flexibility index (Phi) is 4.56. The lowest BCUT2D eigenvalue weighted by atomic mass is 10.00. The molecule has 0 bridgehead atoms. The Morgan fingerprint density at radius 2 is 2.33 bits per heavy atom. The molecule has 0 aliphatic carbocycles. The molecular formula is C17H23NO3. The first-order chi connectivity index (χ1) is 10.2. The molecule has 0 unspecified atom stereocenters. The summed E-state index contributed by atoms with van der Waals surface area (Å²) in [7, 11) is 0. The van der Waals surface area contributed by atoms with E-state index in [0.717, 1.165) is 44.5 Å². The summed E-state index contributed by atoms with van der Waals surface area (Å²) >= 11 is 0. The highest BCUT2D eigenvalue weighted by molar-refractivity contribution is 5.95. The number of nitrogens with zero attached hydrogens (tertiary/aromatic N) is 1. The molecule has 1 fully saturated rings. The van der Waals surface area contributed by atoms with E-state index in [1.165, 1.54) is 11.1 Å². The number of rotatable bonds is 4. The van der Waals surface area contributed by atoms with Gasteiger partial charge in [-0.1, -0.05) is 12.1 Å². The first kappa shape index (κ1) is 14.5. The number of ether oxygens (including phenoxy) is 2. The molecule has 0 N–H and O–H groups in total. The maximum absolute atomic E-state index is 12.4. The Morgan fingerprint density at radius 1 is 1.43 bits per heavy atom. The monoisotopic (exact) mass is 289 g/mol. The fraction of sp³-hybridized carbons (Fsp3) is 0.588. The van der Waals surface area contributed by atoms with E-state index in [9.17, 15) is 4.79 Å². The van der Waals surface area contributed by atoms with Crippen LogP contribution in [-0.4, -0.2) is 38.4 Å². The lowest BCUT2D eigenvalue weighted by molar-refractivity contribution is -0.124. The molecule has 1 saturated heterocycles. The molecule has 21 heavy (non-hydrogen) atoms. The van der Waals surface area contributed by atoms with E-state index in [4.69, 9.17) is 9.47 Å². The van der Waals surface area contributed by atoms with Gasteiger partial charge in [0.15, 0.2) is 0 Å². The third-order valence-electron chi connectivity index (χ3n) is 4.21. The number of carbonyl (C=O) groups excluding carboxylic acids is 1. The largest absolute Gasteiger partial charge is 0.376 e. The van der Waals surface area contributed by atoms with Gasteiger partial charge in [0.2, 0.25) is 0 Å². The minimum Gasteiger partial charge on any atom is -0.376 e. The summed E-state index contributed by atoms with van der Waals surface area (Å²) in [5.41, 5.74) is 3.51. The molecule has 1 aromatic carbocycles. The van der Waals surface area contributed by atoms with Crippen molar-refractivity contribution in [1.29, 1.82) is 0 Å². The van der Waals surface area contributed by atoms with Gasteiger partial charge < -0.3 is 14.4 Å². The lowest BCUT2D eigenvalue weighted by Crippen LogP contribution is -2.38. The number of benzene rings is 1. The third kappa shape index (κ3) is 3.44. The Labute approximate surface area is 126 Å². The second-order valence-electron chi connectivity index (χ2n) is 5.93. The molecule has 2 aliphatic heterocycles. The van der Waals surface area contributed by atoms with Gasteiger partial charge in [-0.25, -0.2) is 0 Å². The van der Waals surface area contributed by atoms with Crippen LogP contribution in [0.1, 0.15) is 30.4 Å². The van der Waals surface area contributed by atoms with E-state index in [0.29, 0.717) is 6.61 Å². The average Bonchev–Trinajstić information content (AvgIpc) is 2.99. The molecule has 1 amide bonds. The predicted octanol–water partition coefficient (Wildman–Crippen LogP) is 2.47. The quantitative estimate of drug-likeness (QED) is 0.854. The fourth-order valence-corrected chi connectivity index (χ4v) is 3.08. The van der Waals surface area contributed by atoms with E-state index >= 15 is 0 Å². The van der Waals surface area contributed by atoms with Gasteiger partial charge >= 0.3 is 0 Å². The summed E-state index contributed by atoms with van der Waals surface area (Å²) in [5, 5.41) is 0. The molecule has 2 aliphatic rings. The van der Waals surface area contributed by atoms with E-state index in [2.05, 4.69) is 25.1 Å². The number of hydrogen-bond acceptors (Lipinski definition) is 3. The zero-order chi connectivity index (χ0) is 14.7. The van der Waals surface area contributed by atoms with Crippen LogP contribution in [0.4, 0.5) is 5.69 Å². The van der Waals surface area contributed by atoms with Crippen molar-refractivity contribution in [2.45, 2.75) is 38.7 Å². The Balaban J connectivity index is 1.59. The maximum atomic E-state index is 12.4. The maximum Gasteiger partial charge on any atom is 0.252 e. The third-order valence-corrected chi connectivity index (χ3v) is 4.21. The SMILES string of the molecule is Cc1ccc2c(c1)N(C(=O)COC[C@@H]1CCCO1)CCC2. The molecule has 2 heterocycles. The van der Waals surface area contributed by atoms with E-state index in [1.54, 1.807) is 0 Å². The van der Waals surface area contributed by atoms with Crippen molar-refractivity contribution in [3.63, 3.8) is 0 Å². The highest BCUT2D eigenvalue weighted by Crippen LogP contribution is 2.28. The van der Waals surface area contributed by atoms with Gasteiger partial charge in [0.1, 0.15) is 6.61 Å². The highest BCUT2D eigenvalue weighted by Gasteiger charge is 2.23. The highest BCUT2D eigenvalue weighted by atomic mass is 16.5. The van der Waals surface area contributed by atoms with Crippen LogP contribution >= 0.6 is 0 Å². The minimum absolute atomic E-state index is 0.0551. The van der Waals surface area contributed by atoms with Crippen molar-refractivity contribution in [3.8, 4) is 0 Å². The molecule has 0 radical (unpaired) electrons. The fourth-order valence-electron chi connectivity index (χ4n) is 3.08. The normalized spacial score (nSPS) is 21.4. The second-order valence-corrected chi connectivity index (χ2v) is 5.93. The summed E-state index contributed by atoms with van der Waals surface area (Å²) in [4.78, 5) is 14.3. The number of anilines is 1. The van der Waals surface area contributed by atoms with Crippen LogP contribution < -0.4 is 4.90 Å². The topological polar surface area (TPSA) is 38.8 Å². The molecule has 0 saturated carbocycles. The lowest BCUT2D eigenvalue weighted by Gasteiger charge is -2.30. The zero-order valence-corrected chi connectivity index (χ0v) is 12.6. The molecule has 4 heteroatoms. The number of fused-ring (bicyclic) bond motifs is 1. The number of hydrogen-bond donors (Lipinski definition) is 0. The van der Waals surface area contributed by atoms with Gasteiger partial charge in [0.25, 0.3) is 5.91 Å². The smallest absolute Gasteiger partial charge is 0.252 e. The molecule has 0 aromatic heterocycles. The summed E-state index contributed by atoms with van der Waals surface area (Å²) < 4.78 is 11.1.